The molecule has 1 aromatic heterocycles. The third-order valence-corrected chi connectivity index (χ3v) is 4.71. The normalized spacial score (nSPS) is 14.0. The maximum Gasteiger partial charge on any atom is 0.244 e. The molecule has 0 unspecified atom stereocenters. The van der Waals surface area contributed by atoms with Crippen LogP contribution in [-0.4, -0.2) is 31.8 Å². The first kappa shape index (κ1) is 13.1. The van der Waals surface area contributed by atoms with Crippen LogP contribution in [0, 0.1) is 0 Å². The minimum absolute atomic E-state index is 0.222. The van der Waals surface area contributed by atoms with E-state index in [1.165, 1.54) is 0 Å². The van der Waals surface area contributed by atoms with Crippen molar-refractivity contribution >= 4 is 10.0 Å². The summed E-state index contributed by atoms with van der Waals surface area (Å²) in [6.07, 6.45) is 4.77. The summed E-state index contributed by atoms with van der Waals surface area (Å²) >= 11 is 0. The van der Waals surface area contributed by atoms with E-state index in [1.54, 1.807) is 24.5 Å². The molecule has 0 aliphatic carbocycles. The van der Waals surface area contributed by atoms with Gasteiger partial charge in [-0.3, -0.25) is 5.10 Å². The number of sulfonamides is 1. The lowest BCUT2D eigenvalue weighted by molar-refractivity contribution is 0.348. The Balaban J connectivity index is 1.74. The molecule has 0 fully saturated rings. The summed E-state index contributed by atoms with van der Waals surface area (Å²) in [6.45, 7) is 0.864. The van der Waals surface area contributed by atoms with Crippen molar-refractivity contribution in [1.29, 1.82) is 0 Å². The van der Waals surface area contributed by atoms with E-state index in [9.17, 15) is 8.42 Å². The topological polar surface area (TPSA) is 84.1 Å². The van der Waals surface area contributed by atoms with E-state index < -0.39 is 10.0 Å². The summed E-state index contributed by atoms with van der Waals surface area (Å²) < 4.78 is 32.6. The summed E-state index contributed by atoms with van der Waals surface area (Å²) in [5.74, 6) is 0.489. The largest absolute Gasteiger partial charge is 0.492 e. The molecule has 0 spiro atoms. The average Bonchev–Trinajstić information content (AvgIpc) is 3.08. The number of fused-ring (bicyclic) bond motifs is 1. The van der Waals surface area contributed by atoms with Gasteiger partial charge in [0.05, 0.1) is 12.8 Å². The zero-order chi connectivity index (χ0) is 14.0. The van der Waals surface area contributed by atoms with Crippen LogP contribution in [0.15, 0.2) is 35.5 Å². The molecule has 0 radical (unpaired) electrons. The van der Waals surface area contributed by atoms with Crippen LogP contribution in [0.5, 0.6) is 5.75 Å². The summed E-state index contributed by atoms with van der Waals surface area (Å²) in [5.41, 5.74) is 1.91. The Kier molecular flexibility index (Phi) is 3.45. The molecular formula is C13H15N3O3S. The average molecular weight is 293 g/mol. The number of hydrogen-bond donors (Lipinski definition) is 2. The fraction of sp³-hybridized carbons (Fsp3) is 0.308. The molecule has 3 rings (SSSR count). The summed E-state index contributed by atoms with van der Waals surface area (Å²) in [6, 6.07) is 5.22. The molecule has 6 nitrogen and oxygen atoms in total. The molecule has 1 aliphatic heterocycles. The molecule has 7 heteroatoms. The number of aromatic nitrogens is 2. The molecule has 20 heavy (non-hydrogen) atoms. The number of ether oxygens (including phenoxy) is 1. The van der Waals surface area contributed by atoms with Gasteiger partial charge in [-0.1, -0.05) is 12.1 Å². The van der Waals surface area contributed by atoms with Gasteiger partial charge in [0.2, 0.25) is 10.0 Å². The predicted molar refractivity (Wildman–Crippen MR) is 73.1 cm³/mol. The van der Waals surface area contributed by atoms with E-state index in [1.807, 2.05) is 6.07 Å². The third-order valence-electron chi connectivity index (χ3n) is 3.23. The number of hydrogen-bond acceptors (Lipinski definition) is 4. The monoisotopic (exact) mass is 293 g/mol. The molecule has 1 aromatic carbocycles. The third kappa shape index (κ3) is 2.54. The quantitative estimate of drug-likeness (QED) is 0.856. The highest BCUT2D eigenvalue weighted by atomic mass is 32.2. The molecule has 2 N–H and O–H groups in total. The van der Waals surface area contributed by atoms with Gasteiger partial charge < -0.3 is 4.74 Å². The van der Waals surface area contributed by atoms with E-state index in [2.05, 4.69) is 14.9 Å². The predicted octanol–water partition coefficient (Wildman–Crippen LogP) is 0.866. The Morgan fingerprint density at radius 2 is 2.30 bits per heavy atom. The lowest BCUT2D eigenvalue weighted by atomic mass is 10.2. The van der Waals surface area contributed by atoms with Crippen LogP contribution in [0.1, 0.15) is 11.1 Å². The fourth-order valence-electron chi connectivity index (χ4n) is 2.22. The van der Waals surface area contributed by atoms with Gasteiger partial charge >= 0.3 is 0 Å². The van der Waals surface area contributed by atoms with E-state index >= 15 is 0 Å². The first-order chi connectivity index (χ1) is 9.67. The van der Waals surface area contributed by atoms with Crippen molar-refractivity contribution in [2.45, 2.75) is 17.7 Å². The molecule has 0 saturated carbocycles. The minimum Gasteiger partial charge on any atom is -0.492 e. The van der Waals surface area contributed by atoms with Gasteiger partial charge in [-0.15, -0.1) is 0 Å². The lowest BCUT2D eigenvalue weighted by Gasteiger charge is -2.10. The standard InChI is InChI=1S/C13H15N3O3S/c17-20(18,16-6-4-10-8-14-15-9-10)12-3-1-2-11-5-7-19-13(11)12/h1-3,8-9,16H,4-7H2,(H,14,15). The maximum absolute atomic E-state index is 12.3. The molecule has 0 atom stereocenters. The summed E-state index contributed by atoms with van der Waals surface area (Å²) in [5, 5.41) is 6.52. The minimum atomic E-state index is -3.54. The molecule has 2 heterocycles. The highest BCUT2D eigenvalue weighted by Crippen LogP contribution is 2.32. The first-order valence-electron chi connectivity index (χ1n) is 6.39. The number of para-hydroxylation sites is 1. The van der Waals surface area contributed by atoms with E-state index in [0.29, 0.717) is 25.3 Å². The molecule has 0 amide bonds. The van der Waals surface area contributed by atoms with Crippen molar-refractivity contribution in [1.82, 2.24) is 14.9 Å². The Morgan fingerprint density at radius 1 is 1.40 bits per heavy atom. The van der Waals surface area contributed by atoms with Crippen molar-refractivity contribution in [2.24, 2.45) is 0 Å². The Bertz CT molecular complexity index is 696. The zero-order valence-electron chi connectivity index (χ0n) is 10.8. The second kappa shape index (κ2) is 5.26. The lowest BCUT2D eigenvalue weighted by Crippen LogP contribution is -2.26. The molecular weight excluding hydrogens is 278 g/mol. The highest BCUT2D eigenvalue weighted by Gasteiger charge is 2.24. The van der Waals surface area contributed by atoms with Gasteiger partial charge in [0, 0.05) is 19.2 Å². The number of H-pyrrole nitrogens is 1. The number of nitrogens with zero attached hydrogens (tertiary/aromatic N) is 1. The number of aromatic amines is 1. The summed E-state index contributed by atoms with van der Waals surface area (Å²) in [4.78, 5) is 0.222. The van der Waals surface area contributed by atoms with Crippen molar-refractivity contribution in [2.75, 3.05) is 13.2 Å². The van der Waals surface area contributed by atoms with Crippen LogP contribution in [0.2, 0.25) is 0 Å². The van der Waals surface area contributed by atoms with Crippen molar-refractivity contribution < 1.29 is 13.2 Å². The smallest absolute Gasteiger partial charge is 0.244 e. The SMILES string of the molecule is O=S(=O)(NCCc1cn[nH]c1)c1cccc2c1OCC2. The number of benzene rings is 1. The van der Waals surface area contributed by atoms with Crippen molar-refractivity contribution in [3.63, 3.8) is 0 Å². The Hall–Kier alpha value is -1.86. The Labute approximate surface area is 117 Å². The van der Waals surface area contributed by atoms with Gasteiger partial charge in [0.15, 0.2) is 0 Å². The number of rotatable bonds is 5. The van der Waals surface area contributed by atoms with Gasteiger partial charge in [0.25, 0.3) is 0 Å². The van der Waals surface area contributed by atoms with Gasteiger partial charge in [-0.05, 0) is 23.6 Å². The van der Waals surface area contributed by atoms with Crippen LogP contribution in [0.4, 0.5) is 0 Å². The molecule has 106 valence electrons. The first-order valence-corrected chi connectivity index (χ1v) is 7.87. The number of nitrogens with one attached hydrogen (secondary N) is 2. The molecule has 0 bridgehead atoms. The molecule has 1 aliphatic rings. The van der Waals surface area contributed by atoms with E-state index in [0.717, 1.165) is 17.5 Å². The van der Waals surface area contributed by atoms with Crippen molar-refractivity contribution in [3.8, 4) is 5.75 Å². The fourth-order valence-corrected chi connectivity index (χ4v) is 3.44. The Morgan fingerprint density at radius 3 is 3.10 bits per heavy atom. The second-order valence-corrected chi connectivity index (χ2v) is 6.33. The summed E-state index contributed by atoms with van der Waals surface area (Å²) in [7, 11) is -3.54. The van der Waals surface area contributed by atoms with Crippen LogP contribution >= 0.6 is 0 Å². The van der Waals surface area contributed by atoms with Crippen LogP contribution in [0.25, 0.3) is 0 Å². The maximum atomic E-state index is 12.3. The van der Waals surface area contributed by atoms with Crippen LogP contribution < -0.4 is 9.46 Å². The molecule has 0 saturated heterocycles. The highest BCUT2D eigenvalue weighted by molar-refractivity contribution is 7.89. The van der Waals surface area contributed by atoms with Gasteiger partial charge in [-0.25, -0.2) is 13.1 Å². The van der Waals surface area contributed by atoms with Gasteiger partial charge in [0.1, 0.15) is 10.6 Å². The molecule has 2 aromatic rings. The van der Waals surface area contributed by atoms with Gasteiger partial charge in [-0.2, -0.15) is 5.10 Å². The van der Waals surface area contributed by atoms with Crippen LogP contribution in [0.3, 0.4) is 0 Å². The van der Waals surface area contributed by atoms with E-state index in [4.69, 9.17) is 4.74 Å². The van der Waals surface area contributed by atoms with E-state index in [-0.39, 0.29) is 4.90 Å². The van der Waals surface area contributed by atoms with Crippen molar-refractivity contribution in [3.05, 3.63) is 41.7 Å². The van der Waals surface area contributed by atoms with Crippen LogP contribution in [-0.2, 0) is 22.9 Å². The second-order valence-electron chi connectivity index (χ2n) is 4.60. The zero-order valence-corrected chi connectivity index (χ0v) is 11.6.